The number of urea groups is 1. The van der Waals surface area contributed by atoms with E-state index in [1.165, 1.54) is 0 Å². The summed E-state index contributed by atoms with van der Waals surface area (Å²) in [5.41, 5.74) is 0. The van der Waals surface area contributed by atoms with Crippen molar-refractivity contribution < 1.29 is 14.3 Å². The molecule has 3 amide bonds. The minimum Gasteiger partial charge on any atom is -0.378 e. The third-order valence-electron chi connectivity index (χ3n) is 4.51. The zero-order valence-electron chi connectivity index (χ0n) is 11.9. The van der Waals surface area contributed by atoms with Crippen LogP contribution in [0.2, 0.25) is 0 Å². The number of morpholine rings is 1. The number of ether oxygens (including phenoxy) is 1. The molecule has 1 unspecified atom stereocenters. The van der Waals surface area contributed by atoms with Crippen LogP contribution in [-0.2, 0) is 9.53 Å². The van der Waals surface area contributed by atoms with Crippen LogP contribution in [0.5, 0.6) is 0 Å². The summed E-state index contributed by atoms with van der Waals surface area (Å²) < 4.78 is 5.27. The summed E-state index contributed by atoms with van der Waals surface area (Å²) in [5, 5.41) is 0. The maximum Gasteiger partial charge on any atom is 0.320 e. The molecule has 0 saturated carbocycles. The van der Waals surface area contributed by atoms with Crippen LogP contribution in [0.1, 0.15) is 19.3 Å². The number of amides is 3. The summed E-state index contributed by atoms with van der Waals surface area (Å²) in [4.78, 5) is 30.3. The largest absolute Gasteiger partial charge is 0.378 e. The molecule has 20 heavy (non-hydrogen) atoms. The molecule has 6 heteroatoms. The number of rotatable bonds is 1. The lowest BCUT2D eigenvalue weighted by Crippen LogP contribution is -2.47. The third-order valence-corrected chi connectivity index (χ3v) is 4.51. The molecule has 0 bridgehead atoms. The van der Waals surface area contributed by atoms with Gasteiger partial charge in [-0.05, 0) is 19.3 Å². The zero-order chi connectivity index (χ0) is 13.9. The molecular formula is C14H23N3O3. The summed E-state index contributed by atoms with van der Waals surface area (Å²) in [6, 6.07) is 0.0741. The highest BCUT2D eigenvalue weighted by atomic mass is 16.5. The molecule has 3 heterocycles. The fourth-order valence-corrected chi connectivity index (χ4v) is 3.29. The fourth-order valence-electron chi connectivity index (χ4n) is 3.29. The molecule has 0 aliphatic carbocycles. The highest BCUT2D eigenvalue weighted by Crippen LogP contribution is 2.22. The predicted octanol–water partition coefficient (Wildman–Crippen LogP) is 0.383. The molecule has 112 valence electrons. The van der Waals surface area contributed by atoms with Gasteiger partial charge in [-0.25, -0.2) is 4.79 Å². The molecule has 0 aromatic rings. The molecule has 3 aliphatic heterocycles. The van der Waals surface area contributed by atoms with E-state index in [-0.39, 0.29) is 17.9 Å². The number of nitrogens with zero attached hydrogens (tertiary/aromatic N) is 3. The Morgan fingerprint density at radius 3 is 2.25 bits per heavy atom. The molecule has 0 N–H and O–H groups in total. The van der Waals surface area contributed by atoms with Crippen LogP contribution in [0.4, 0.5) is 4.79 Å². The molecule has 0 radical (unpaired) electrons. The van der Waals surface area contributed by atoms with Crippen molar-refractivity contribution in [2.24, 2.45) is 5.92 Å². The summed E-state index contributed by atoms with van der Waals surface area (Å²) >= 11 is 0. The SMILES string of the molecule is O=C(C1CCN(C(=O)N2CCOCC2)C1)N1CCCC1. The zero-order valence-corrected chi connectivity index (χ0v) is 11.9. The molecule has 0 aromatic carbocycles. The number of carbonyl (C=O) groups is 2. The van der Waals surface area contributed by atoms with Gasteiger partial charge in [0.2, 0.25) is 5.91 Å². The van der Waals surface area contributed by atoms with E-state index in [9.17, 15) is 9.59 Å². The van der Waals surface area contributed by atoms with Crippen molar-refractivity contribution in [2.45, 2.75) is 19.3 Å². The Bertz CT molecular complexity index is 376. The molecular weight excluding hydrogens is 258 g/mol. The topological polar surface area (TPSA) is 53.1 Å². The van der Waals surface area contributed by atoms with E-state index >= 15 is 0 Å². The molecule has 0 spiro atoms. The van der Waals surface area contributed by atoms with Crippen molar-refractivity contribution in [3.05, 3.63) is 0 Å². The van der Waals surface area contributed by atoms with Gasteiger partial charge in [0, 0.05) is 39.3 Å². The van der Waals surface area contributed by atoms with Gasteiger partial charge in [-0.3, -0.25) is 4.79 Å². The number of hydrogen-bond acceptors (Lipinski definition) is 3. The van der Waals surface area contributed by atoms with E-state index in [0.29, 0.717) is 39.4 Å². The summed E-state index contributed by atoms with van der Waals surface area (Å²) in [5.74, 6) is 0.262. The van der Waals surface area contributed by atoms with E-state index < -0.39 is 0 Å². The standard InChI is InChI=1S/C14H23N3O3/c18-13(15-4-1-2-5-15)12-3-6-17(11-12)14(19)16-7-9-20-10-8-16/h12H,1-11H2. The maximum absolute atomic E-state index is 12.4. The first-order valence-corrected chi connectivity index (χ1v) is 7.66. The smallest absolute Gasteiger partial charge is 0.320 e. The van der Waals surface area contributed by atoms with Crippen LogP contribution in [0.25, 0.3) is 0 Å². The molecule has 0 aromatic heterocycles. The lowest BCUT2D eigenvalue weighted by atomic mass is 10.1. The van der Waals surface area contributed by atoms with Gasteiger partial charge in [0.1, 0.15) is 0 Å². The van der Waals surface area contributed by atoms with E-state index in [1.807, 2.05) is 14.7 Å². The van der Waals surface area contributed by atoms with Crippen molar-refractivity contribution in [1.82, 2.24) is 14.7 Å². The molecule has 3 fully saturated rings. The first kappa shape index (κ1) is 13.7. The predicted molar refractivity (Wildman–Crippen MR) is 73.3 cm³/mol. The third kappa shape index (κ3) is 2.75. The Morgan fingerprint density at radius 1 is 0.850 bits per heavy atom. The van der Waals surface area contributed by atoms with Gasteiger partial charge in [0.15, 0.2) is 0 Å². The second-order valence-electron chi connectivity index (χ2n) is 5.85. The Balaban J connectivity index is 1.53. The highest BCUT2D eigenvalue weighted by Gasteiger charge is 2.35. The summed E-state index contributed by atoms with van der Waals surface area (Å²) in [6.45, 7) is 5.66. The molecule has 6 nitrogen and oxygen atoms in total. The van der Waals surface area contributed by atoms with Crippen molar-refractivity contribution in [1.29, 1.82) is 0 Å². The number of hydrogen-bond donors (Lipinski definition) is 0. The van der Waals surface area contributed by atoms with Crippen molar-refractivity contribution in [3.63, 3.8) is 0 Å². The van der Waals surface area contributed by atoms with Crippen molar-refractivity contribution in [2.75, 3.05) is 52.5 Å². The normalized spacial score (nSPS) is 27.2. The second-order valence-corrected chi connectivity index (χ2v) is 5.85. The van der Waals surface area contributed by atoms with E-state index in [2.05, 4.69) is 0 Å². The lowest BCUT2D eigenvalue weighted by molar-refractivity contribution is -0.133. The van der Waals surface area contributed by atoms with E-state index in [4.69, 9.17) is 4.74 Å². The van der Waals surface area contributed by atoms with Crippen LogP contribution < -0.4 is 0 Å². The van der Waals surface area contributed by atoms with E-state index in [0.717, 1.165) is 32.4 Å². The van der Waals surface area contributed by atoms with Crippen molar-refractivity contribution in [3.8, 4) is 0 Å². The van der Waals surface area contributed by atoms with Crippen LogP contribution in [-0.4, -0.2) is 79.1 Å². The Hall–Kier alpha value is -1.30. The van der Waals surface area contributed by atoms with Gasteiger partial charge in [0.25, 0.3) is 0 Å². The van der Waals surface area contributed by atoms with Crippen LogP contribution in [0.15, 0.2) is 0 Å². The van der Waals surface area contributed by atoms with Crippen molar-refractivity contribution >= 4 is 11.9 Å². The lowest BCUT2D eigenvalue weighted by Gasteiger charge is -2.31. The van der Waals surface area contributed by atoms with Gasteiger partial charge in [-0.15, -0.1) is 0 Å². The van der Waals surface area contributed by atoms with Gasteiger partial charge in [0.05, 0.1) is 19.1 Å². The average molecular weight is 281 g/mol. The van der Waals surface area contributed by atoms with Gasteiger partial charge >= 0.3 is 6.03 Å². The Labute approximate surface area is 119 Å². The minimum atomic E-state index is 0.0121. The van der Waals surface area contributed by atoms with Crippen LogP contribution in [0, 0.1) is 5.92 Å². The molecule has 1 atom stereocenters. The minimum absolute atomic E-state index is 0.0121. The Kier molecular flexibility index (Phi) is 4.10. The first-order chi connectivity index (χ1) is 9.75. The van der Waals surface area contributed by atoms with Gasteiger partial charge in [-0.1, -0.05) is 0 Å². The molecule has 3 saturated heterocycles. The monoisotopic (exact) mass is 281 g/mol. The van der Waals surface area contributed by atoms with Gasteiger partial charge in [-0.2, -0.15) is 0 Å². The van der Waals surface area contributed by atoms with E-state index in [1.54, 1.807) is 0 Å². The second kappa shape index (κ2) is 5.99. The van der Waals surface area contributed by atoms with Gasteiger partial charge < -0.3 is 19.4 Å². The fraction of sp³-hybridized carbons (Fsp3) is 0.857. The highest BCUT2D eigenvalue weighted by molar-refractivity contribution is 5.82. The molecule has 3 aliphatic rings. The first-order valence-electron chi connectivity index (χ1n) is 7.66. The summed E-state index contributed by atoms with van der Waals surface area (Å²) in [6.07, 6.45) is 3.05. The van der Waals surface area contributed by atoms with Crippen LogP contribution >= 0.6 is 0 Å². The number of likely N-dealkylation sites (tertiary alicyclic amines) is 2. The summed E-state index contributed by atoms with van der Waals surface area (Å²) in [7, 11) is 0. The molecule has 3 rings (SSSR count). The maximum atomic E-state index is 12.4. The number of carbonyl (C=O) groups excluding carboxylic acids is 2. The van der Waals surface area contributed by atoms with Crippen LogP contribution in [0.3, 0.4) is 0 Å². The quantitative estimate of drug-likeness (QED) is 0.698. The Morgan fingerprint density at radius 2 is 1.55 bits per heavy atom. The average Bonchev–Trinajstić information content (AvgIpc) is 3.18.